The Hall–Kier alpha value is -1.75. The average Bonchev–Trinajstić information content (AvgIpc) is 3.02. The Kier molecular flexibility index (Phi) is 3.09. The average molecular weight is 295 g/mol. The van der Waals surface area contributed by atoms with E-state index in [1.54, 1.807) is 23.5 Å². The second kappa shape index (κ2) is 4.66. The van der Waals surface area contributed by atoms with Gasteiger partial charge in [0.15, 0.2) is 0 Å². The van der Waals surface area contributed by atoms with E-state index in [4.69, 9.17) is 0 Å². The maximum atomic E-state index is 13.0. The fourth-order valence-corrected chi connectivity index (χ4v) is 3.16. The third-order valence-corrected chi connectivity index (χ3v) is 4.50. The molecule has 3 aromatic rings. The summed E-state index contributed by atoms with van der Waals surface area (Å²) in [5, 5.41) is 0.585. The molecule has 0 aliphatic carbocycles. The maximum absolute atomic E-state index is 13.0. The van der Waals surface area contributed by atoms with E-state index in [1.165, 1.54) is 10.9 Å². The number of benzene rings is 1. The molecule has 0 radical (unpaired) electrons. The number of para-hydroxylation sites is 1. The molecule has 0 unspecified atom stereocenters. The smallest absolute Gasteiger partial charge is 0.353 e. The van der Waals surface area contributed by atoms with E-state index in [9.17, 15) is 13.2 Å². The van der Waals surface area contributed by atoms with Gasteiger partial charge >= 0.3 is 6.18 Å². The molecular weight excluding hydrogens is 283 g/mol. The number of alkyl halides is 3. The Morgan fingerprint density at radius 1 is 1.15 bits per heavy atom. The minimum Gasteiger partial charge on any atom is -0.353 e. The van der Waals surface area contributed by atoms with E-state index in [0.717, 1.165) is 23.1 Å². The minimum absolute atomic E-state index is 0.154. The summed E-state index contributed by atoms with van der Waals surface area (Å²) < 4.78 is 38.9. The Morgan fingerprint density at radius 2 is 1.95 bits per heavy atom. The number of thiophene rings is 1. The monoisotopic (exact) mass is 295 g/mol. The summed E-state index contributed by atoms with van der Waals surface area (Å²) in [5.41, 5.74) is 0.274. The number of H-pyrrole nitrogens is 1. The number of aromatic amines is 1. The number of hydrogen-bond acceptors (Lipinski definition) is 1. The summed E-state index contributed by atoms with van der Waals surface area (Å²) in [4.78, 5) is 5.10. The molecule has 0 saturated heterocycles. The molecule has 0 atom stereocenters. The molecule has 2 heterocycles. The summed E-state index contributed by atoms with van der Waals surface area (Å²) >= 11 is 1.60. The van der Waals surface area contributed by atoms with Gasteiger partial charge in [-0.05, 0) is 30.7 Å². The lowest BCUT2D eigenvalue weighted by molar-refractivity contribution is -0.136. The molecule has 0 aliphatic heterocycles. The molecule has 0 fully saturated rings. The molecule has 0 spiro atoms. The van der Waals surface area contributed by atoms with Crippen molar-refractivity contribution in [3.63, 3.8) is 0 Å². The van der Waals surface area contributed by atoms with Crippen LogP contribution in [-0.2, 0) is 12.6 Å². The Labute approximate surface area is 118 Å². The zero-order chi connectivity index (χ0) is 14.3. The fourth-order valence-electron chi connectivity index (χ4n) is 2.24. The van der Waals surface area contributed by atoms with Crippen LogP contribution < -0.4 is 0 Å². The minimum atomic E-state index is -4.34. The number of halogens is 3. The number of fused-ring (bicyclic) bond motifs is 1. The molecule has 20 heavy (non-hydrogen) atoms. The Bertz CT molecular complexity index is 752. The first-order valence-corrected chi connectivity index (χ1v) is 7.08. The van der Waals surface area contributed by atoms with Crippen molar-refractivity contribution in [2.45, 2.75) is 19.5 Å². The van der Waals surface area contributed by atoms with Crippen molar-refractivity contribution in [2.75, 3.05) is 0 Å². The van der Waals surface area contributed by atoms with Crippen LogP contribution in [0.1, 0.15) is 17.4 Å². The van der Waals surface area contributed by atoms with Gasteiger partial charge in [-0.25, -0.2) is 0 Å². The van der Waals surface area contributed by atoms with Crippen molar-refractivity contribution in [1.29, 1.82) is 0 Å². The van der Waals surface area contributed by atoms with Crippen LogP contribution in [0.15, 0.2) is 36.4 Å². The van der Waals surface area contributed by atoms with Crippen molar-refractivity contribution in [3.8, 4) is 10.6 Å². The first kappa shape index (κ1) is 13.2. The Balaban J connectivity index is 2.15. The van der Waals surface area contributed by atoms with E-state index in [0.29, 0.717) is 5.39 Å². The highest BCUT2D eigenvalue weighted by Crippen LogP contribution is 2.37. The van der Waals surface area contributed by atoms with Gasteiger partial charge in [-0.1, -0.05) is 19.1 Å². The van der Waals surface area contributed by atoms with Crippen molar-refractivity contribution < 1.29 is 13.2 Å². The van der Waals surface area contributed by atoms with Crippen LogP contribution in [0.2, 0.25) is 0 Å². The van der Waals surface area contributed by atoms with Crippen LogP contribution in [-0.4, -0.2) is 4.98 Å². The summed E-state index contributed by atoms with van der Waals surface area (Å²) in [6, 6.07) is 9.97. The van der Waals surface area contributed by atoms with Gasteiger partial charge in [-0.15, -0.1) is 11.3 Å². The molecule has 0 saturated carbocycles. The fraction of sp³-hybridized carbons (Fsp3) is 0.200. The lowest BCUT2D eigenvalue weighted by Crippen LogP contribution is -2.05. The number of rotatable bonds is 2. The topological polar surface area (TPSA) is 15.8 Å². The summed E-state index contributed by atoms with van der Waals surface area (Å²) in [6.45, 7) is 2.06. The van der Waals surface area contributed by atoms with Crippen LogP contribution in [0.3, 0.4) is 0 Å². The predicted octanol–water partition coefficient (Wildman–Crippen LogP) is 5.48. The zero-order valence-corrected chi connectivity index (χ0v) is 11.5. The van der Waals surface area contributed by atoms with Crippen LogP contribution in [0, 0.1) is 0 Å². The summed E-state index contributed by atoms with van der Waals surface area (Å²) in [6.07, 6.45) is -3.41. The van der Waals surface area contributed by atoms with Crippen molar-refractivity contribution in [3.05, 3.63) is 46.8 Å². The maximum Gasteiger partial charge on any atom is 0.418 e. The van der Waals surface area contributed by atoms with Gasteiger partial charge in [0.25, 0.3) is 0 Å². The predicted molar refractivity (Wildman–Crippen MR) is 76.0 cm³/mol. The molecule has 2 aromatic heterocycles. The highest BCUT2D eigenvalue weighted by molar-refractivity contribution is 7.15. The second-order valence-corrected chi connectivity index (χ2v) is 5.74. The molecule has 1 N–H and O–H groups in total. The largest absolute Gasteiger partial charge is 0.418 e. The first-order valence-electron chi connectivity index (χ1n) is 6.27. The molecule has 0 bridgehead atoms. The first-order chi connectivity index (χ1) is 9.49. The molecule has 1 aromatic carbocycles. The number of hydrogen-bond donors (Lipinski definition) is 1. The molecule has 1 nitrogen and oxygen atoms in total. The van der Waals surface area contributed by atoms with Gasteiger partial charge < -0.3 is 4.98 Å². The SMILES string of the molecule is CCc1ccc(-c2cc3cccc(C(F)(F)F)c3[nH]2)s1. The third kappa shape index (κ3) is 2.22. The lowest BCUT2D eigenvalue weighted by atomic mass is 10.1. The summed E-state index contributed by atoms with van der Waals surface area (Å²) in [7, 11) is 0. The third-order valence-electron chi connectivity index (χ3n) is 3.24. The second-order valence-electron chi connectivity index (χ2n) is 4.57. The van der Waals surface area contributed by atoms with E-state index in [-0.39, 0.29) is 5.52 Å². The van der Waals surface area contributed by atoms with E-state index in [2.05, 4.69) is 11.9 Å². The van der Waals surface area contributed by atoms with Gasteiger partial charge in [0.05, 0.1) is 21.7 Å². The highest BCUT2D eigenvalue weighted by atomic mass is 32.1. The molecule has 0 amide bonds. The number of aromatic nitrogens is 1. The van der Waals surface area contributed by atoms with Crippen molar-refractivity contribution in [2.24, 2.45) is 0 Å². The summed E-state index contributed by atoms with van der Waals surface area (Å²) in [5.74, 6) is 0. The van der Waals surface area contributed by atoms with Gasteiger partial charge in [0.2, 0.25) is 0 Å². The molecular formula is C15H12F3NS. The van der Waals surface area contributed by atoms with Crippen LogP contribution in [0.5, 0.6) is 0 Å². The van der Waals surface area contributed by atoms with Gasteiger partial charge in [-0.3, -0.25) is 0 Å². The molecule has 5 heteroatoms. The van der Waals surface area contributed by atoms with Crippen LogP contribution in [0.25, 0.3) is 21.5 Å². The number of aryl methyl sites for hydroxylation is 1. The lowest BCUT2D eigenvalue weighted by Gasteiger charge is -2.07. The quantitative estimate of drug-likeness (QED) is 0.644. The van der Waals surface area contributed by atoms with E-state index < -0.39 is 11.7 Å². The van der Waals surface area contributed by atoms with E-state index >= 15 is 0 Å². The standard InChI is InChI=1S/C15H12F3NS/c1-2-10-6-7-13(20-10)12-8-9-4-3-5-11(14(9)19-12)15(16,17)18/h3-8,19H,2H2,1H3. The molecule has 3 rings (SSSR count). The highest BCUT2D eigenvalue weighted by Gasteiger charge is 2.33. The molecule has 104 valence electrons. The van der Waals surface area contributed by atoms with Crippen LogP contribution >= 0.6 is 11.3 Å². The van der Waals surface area contributed by atoms with E-state index in [1.807, 2.05) is 12.1 Å². The zero-order valence-electron chi connectivity index (χ0n) is 10.7. The van der Waals surface area contributed by atoms with Crippen molar-refractivity contribution in [1.82, 2.24) is 4.98 Å². The number of nitrogens with one attached hydrogen (secondary N) is 1. The normalized spacial score (nSPS) is 12.2. The van der Waals surface area contributed by atoms with Gasteiger partial charge in [0.1, 0.15) is 0 Å². The van der Waals surface area contributed by atoms with Gasteiger partial charge in [-0.2, -0.15) is 13.2 Å². The van der Waals surface area contributed by atoms with Gasteiger partial charge in [0, 0.05) is 10.3 Å². The van der Waals surface area contributed by atoms with Crippen molar-refractivity contribution >= 4 is 22.2 Å². The van der Waals surface area contributed by atoms with Crippen LogP contribution in [0.4, 0.5) is 13.2 Å². The Morgan fingerprint density at radius 3 is 2.60 bits per heavy atom. The molecule has 0 aliphatic rings.